The van der Waals surface area contributed by atoms with E-state index in [0.717, 1.165) is 5.56 Å². The predicted octanol–water partition coefficient (Wildman–Crippen LogP) is 2.80. The summed E-state index contributed by atoms with van der Waals surface area (Å²) in [7, 11) is 0. The fourth-order valence-electron chi connectivity index (χ4n) is 2.40. The van der Waals surface area contributed by atoms with Crippen LogP contribution < -0.4 is 5.32 Å². The van der Waals surface area contributed by atoms with Crippen LogP contribution in [0.3, 0.4) is 0 Å². The van der Waals surface area contributed by atoms with Crippen LogP contribution in [0.25, 0.3) is 0 Å². The fraction of sp³-hybridized carbons (Fsp3) is 0.467. The Labute approximate surface area is 126 Å². The molecule has 0 aromatic heterocycles. The molecule has 1 aromatic carbocycles. The first kappa shape index (κ1) is 16.2. The van der Waals surface area contributed by atoms with Gasteiger partial charge in [-0.2, -0.15) is 0 Å². The zero-order valence-electron chi connectivity index (χ0n) is 11.9. The molecule has 120 valence electrons. The van der Waals surface area contributed by atoms with Crippen LogP contribution in [0.2, 0.25) is 0 Å². The SMILES string of the molecule is O=C(O)CC1(CCNC(=O)OCc2ccccc2)CC1(F)F. The maximum Gasteiger partial charge on any atom is 0.407 e. The summed E-state index contributed by atoms with van der Waals surface area (Å²) in [5.74, 6) is -4.23. The first-order valence-corrected chi connectivity index (χ1v) is 6.89. The summed E-state index contributed by atoms with van der Waals surface area (Å²) in [6, 6.07) is 9.03. The lowest BCUT2D eigenvalue weighted by Crippen LogP contribution is -2.29. The maximum absolute atomic E-state index is 13.3. The van der Waals surface area contributed by atoms with Crippen molar-refractivity contribution in [1.29, 1.82) is 0 Å². The zero-order valence-corrected chi connectivity index (χ0v) is 11.9. The van der Waals surface area contributed by atoms with Crippen molar-refractivity contribution in [3.63, 3.8) is 0 Å². The van der Waals surface area contributed by atoms with Gasteiger partial charge in [0.25, 0.3) is 5.92 Å². The minimum atomic E-state index is -2.97. The summed E-state index contributed by atoms with van der Waals surface area (Å²) in [6.07, 6.45) is -1.85. The van der Waals surface area contributed by atoms with Gasteiger partial charge in [-0.05, 0) is 12.0 Å². The van der Waals surface area contributed by atoms with Crippen LogP contribution >= 0.6 is 0 Å². The van der Waals surface area contributed by atoms with Gasteiger partial charge in [0.15, 0.2) is 0 Å². The van der Waals surface area contributed by atoms with E-state index < -0.39 is 36.2 Å². The third-order valence-corrected chi connectivity index (χ3v) is 3.79. The molecule has 1 saturated carbocycles. The summed E-state index contributed by atoms with van der Waals surface area (Å²) >= 11 is 0. The number of carbonyl (C=O) groups is 2. The Morgan fingerprint density at radius 1 is 1.27 bits per heavy atom. The van der Waals surface area contributed by atoms with Gasteiger partial charge in [0, 0.05) is 13.0 Å². The van der Waals surface area contributed by atoms with Gasteiger partial charge >= 0.3 is 12.1 Å². The number of hydrogen-bond donors (Lipinski definition) is 2. The first-order chi connectivity index (χ1) is 10.3. The molecule has 0 radical (unpaired) electrons. The van der Waals surface area contributed by atoms with Crippen molar-refractivity contribution in [2.75, 3.05) is 6.54 Å². The van der Waals surface area contributed by atoms with Gasteiger partial charge in [-0.15, -0.1) is 0 Å². The largest absolute Gasteiger partial charge is 0.481 e. The molecule has 1 aliphatic rings. The minimum absolute atomic E-state index is 0.0451. The monoisotopic (exact) mass is 313 g/mol. The van der Waals surface area contributed by atoms with Crippen molar-refractivity contribution in [1.82, 2.24) is 5.32 Å². The smallest absolute Gasteiger partial charge is 0.407 e. The molecule has 0 aliphatic heterocycles. The predicted molar refractivity (Wildman–Crippen MR) is 73.5 cm³/mol. The Kier molecular flexibility index (Phi) is 4.63. The minimum Gasteiger partial charge on any atom is -0.481 e. The lowest BCUT2D eigenvalue weighted by molar-refractivity contribution is -0.139. The molecule has 0 heterocycles. The van der Waals surface area contributed by atoms with E-state index in [-0.39, 0.29) is 19.6 Å². The summed E-state index contributed by atoms with van der Waals surface area (Å²) < 4.78 is 31.5. The molecule has 2 N–H and O–H groups in total. The average Bonchev–Trinajstić information content (AvgIpc) is 2.97. The highest BCUT2D eigenvalue weighted by molar-refractivity contribution is 5.69. The number of alkyl carbamates (subject to hydrolysis) is 1. The number of nitrogens with one attached hydrogen (secondary N) is 1. The number of benzene rings is 1. The lowest BCUT2D eigenvalue weighted by atomic mass is 9.97. The molecule has 0 spiro atoms. The molecule has 1 unspecified atom stereocenters. The van der Waals surface area contributed by atoms with Crippen LogP contribution in [-0.4, -0.2) is 29.6 Å². The quantitative estimate of drug-likeness (QED) is 0.811. The number of halogens is 2. The number of carbonyl (C=O) groups excluding carboxylic acids is 1. The highest BCUT2D eigenvalue weighted by Gasteiger charge is 2.70. The van der Waals surface area contributed by atoms with Crippen LogP contribution in [0.4, 0.5) is 13.6 Å². The summed E-state index contributed by atoms with van der Waals surface area (Å²) in [5, 5.41) is 11.1. The van der Waals surface area contributed by atoms with E-state index >= 15 is 0 Å². The van der Waals surface area contributed by atoms with Gasteiger partial charge in [0.2, 0.25) is 0 Å². The Morgan fingerprint density at radius 2 is 1.91 bits per heavy atom. The van der Waals surface area contributed by atoms with Crippen molar-refractivity contribution >= 4 is 12.1 Å². The second-order valence-corrected chi connectivity index (χ2v) is 5.47. The van der Waals surface area contributed by atoms with Gasteiger partial charge in [-0.3, -0.25) is 4.79 Å². The third kappa shape index (κ3) is 3.93. The average molecular weight is 313 g/mol. The number of ether oxygens (including phenoxy) is 1. The third-order valence-electron chi connectivity index (χ3n) is 3.79. The van der Waals surface area contributed by atoms with Gasteiger partial charge in [-0.1, -0.05) is 30.3 Å². The van der Waals surface area contributed by atoms with Gasteiger partial charge < -0.3 is 15.2 Å². The molecule has 1 aromatic rings. The van der Waals surface area contributed by atoms with E-state index in [0.29, 0.717) is 0 Å². The maximum atomic E-state index is 13.3. The van der Waals surface area contributed by atoms with Crippen LogP contribution in [0.1, 0.15) is 24.8 Å². The molecule has 1 fully saturated rings. The topological polar surface area (TPSA) is 75.6 Å². The molecule has 0 saturated heterocycles. The summed E-state index contributed by atoms with van der Waals surface area (Å²) in [5.41, 5.74) is -0.723. The lowest BCUT2D eigenvalue weighted by Gasteiger charge is -2.14. The van der Waals surface area contributed by atoms with Crippen molar-refractivity contribution in [3.8, 4) is 0 Å². The summed E-state index contributed by atoms with van der Waals surface area (Å²) in [6.45, 7) is 0.0413. The molecule has 1 aliphatic carbocycles. The molecule has 22 heavy (non-hydrogen) atoms. The van der Waals surface area contributed by atoms with Crippen molar-refractivity contribution in [3.05, 3.63) is 35.9 Å². The van der Waals surface area contributed by atoms with Crippen LogP contribution in [-0.2, 0) is 16.1 Å². The number of carboxylic acids is 1. The van der Waals surface area contributed by atoms with Gasteiger partial charge in [0.05, 0.1) is 11.8 Å². The molecular weight excluding hydrogens is 296 g/mol. The van der Waals surface area contributed by atoms with Gasteiger partial charge in [0.1, 0.15) is 6.61 Å². The molecule has 1 amide bonds. The Balaban J connectivity index is 1.71. The molecule has 0 bridgehead atoms. The van der Waals surface area contributed by atoms with Crippen molar-refractivity contribution in [2.24, 2.45) is 5.41 Å². The Bertz CT molecular complexity index is 550. The normalized spacial score (nSPS) is 21.9. The Hall–Kier alpha value is -2.18. The van der Waals surface area contributed by atoms with E-state index in [1.165, 1.54) is 0 Å². The van der Waals surface area contributed by atoms with Crippen LogP contribution in [0, 0.1) is 5.41 Å². The number of amides is 1. The van der Waals surface area contributed by atoms with Crippen LogP contribution in [0.5, 0.6) is 0 Å². The first-order valence-electron chi connectivity index (χ1n) is 6.89. The number of alkyl halides is 2. The van der Waals surface area contributed by atoms with Gasteiger partial charge in [-0.25, -0.2) is 13.6 Å². The van der Waals surface area contributed by atoms with E-state index in [2.05, 4.69) is 5.32 Å². The number of rotatable bonds is 7. The number of hydrogen-bond acceptors (Lipinski definition) is 3. The summed E-state index contributed by atoms with van der Waals surface area (Å²) in [4.78, 5) is 22.1. The number of aliphatic carboxylic acids is 1. The van der Waals surface area contributed by atoms with Crippen molar-refractivity contribution < 1.29 is 28.2 Å². The second kappa shape index (κ2) is 6.29. The standard InChI is InChI=1S/C15H17F2NO4/c16-15(17)10-14(15,8-12(19)20)6-7-18-13(21)22-9-11-4-2-1-3-5-11/h1-5H,6-10H2,(H,18,21)(H,19,20). The van der Waals surface area contributed by atoms with E-state index in [1.807, 2.05) is 6.07 Å². The highest BCUT2D eigenvalue weighted by atomic mass is 19.3. The molecule has 5 nitrogen and oxygen atoms in total. The Morgan fingerprint density at radius 3 is 2.45 bits per heavy atom. The molecule has 1 atom stereocenters. The van der Waals surface area contributed by atoms with Crippen molar-refractivity contribution in [2.45, 2.75) is 31.8 Å². The van der Waals surface area contributed by atoms with E-state index in [9.17, 15) is 18.4 Å². The zero-order chi connectivity index (χ0) is 16.2. The molecular formula is C15H17F2NO4. The second-order valence-electron chi connectivity index (χ2n) is 5.47. The van der Waals surface area contributed by atoms with E-state index in [4.69, 9.17) is 9.84 Å². The fourth-order valence-corrected chi connectivity index (χ4v) is 2.40. The molecule has 2 rings (SSSR count). The van der Waals surface area contributed by atoms with Crippen LogP contribution in [0.15, 0.2) is 30.3 Å². The van der Waals surface area contributed by atoms with E-state index in [1.54, 1.807) is 24.3 Å². The molecule has 7 heteroatoms. The number of carboxylic acid groups (broad SMARTS) is 1. The highest BCUT2D eigenvalue weighted by Crippen LogP contribution is 2.64.